The first-order valence-electron chi connectivity index (χ1n) is 13.5. The summed E-state index contributed by atoms with van der Waals surface area (Å²) in [4.78, 5) is 20.6. The number of carbonyl (C=O) groups excluding carboxylic acids is 1. The monoisotopic (exact) mass is 503 g/mol. The third-order valence-electron chi connectivity index (χ3n) is 7.30. The van der Waals surface area contributed by atoms with Crippen LogP contribution in [0.3, 0.4) is 0 Å². The first kappa shape index (κ1) is 26.9. The highest BCUT2D eigenvalue weighted by molar-refractivity contribution is 5.94. The Morgan fingerprint density at radius 1 is 1.00 bits per heavy atom. The molecule has 1 aliphatic heterocycles. The van der Waals surface area contributed by atoms with E-state index in [1.165, 1.54) is 5.56 Å². The number of hydrogen-bond acceptors (Lipinski definition) is 5. The molecule has 0 aliphatic carbocycles. The van der Waals surface area contributed by atoms with E-state index in [2.05, 4.69) is 59.5 Å². The molecule has 37 heavy (non-hydrogen) atoms. The molecule has 2 heterocycles. The van der Waals surface area contributed by atoms with Gasteiger partial charge in [0, 0.05) is 57.6 Å². The van der Waals surface area contributed by atoms with Crippen LogP contribution in [0.15, 0.2) is 54.6 Å². The molecule has 7 nitrogen and oxygen atoms in total. The molecule has 0 bridgehead atoms. The standard InChI is InChI=1S/C30H41N5O2/c1-5-25-13-15-26(16-14-25)30(36)34(17-10-22-37-4)23-28-24(3)31-35(27-11-8-7-9-12-27)29(28)33-20-18-32(6-2)19-21-33/h7-9,11-16H,5-6,10,17-23H2,1-4H3. The number of aromatic nitrogens is 2. The second kappa shape index (κ2) is 12.9. The number of ether oxygens (including phenoxy) is 1. The van der Waals surface area contributed by atoms with E-state index in [0.717, 1.165) is 73.9 Å². The van der Waals surface area contributed by atoms with Crippen LogP contribution in [0.4, 0.5) is 5.82 Å². The van der Waals surface area contributed by atoms with Gasteiger partial charge in [-0.2, -0.15) is 5.10 Å². The van der Waals surface area contributed by atoms with Crippen molar-refractivity contribution in [2.45, 2.75) is 40.2 Å². The molecular formula is C30H41N5O2. The minimum atomic E-state index is 0.0485. The number of amides is 1. The number of nitrogens with zero attached hydrogens (tertiary/aromatic N) is 5. The second-order valence-corrected chi connectivity index (χ2v) is 9.68. The molecule has 1 aliphatic rings. The summed E-state index contributed by atoms with van der Waals surface area (Å²) in [7, 11) is 1.71. The summed E-state index contributed by atoms with van der Waals surface area (Å²) in [6.45, 7) is 13.2. The maximum atomic E-state index is 13.7. The first-order valence-corrected chi connectivity index (χ1v) is 13.5. The first-order chi connectivity index (χ1) is 18.0. The highest BCUT2D eigenvalue weighted by Gasteiger charge is 2.27. The molecule has 0 unspecified atom stereocenters. The zero-order valence-electron chi connectivity index (χ0n) is 22.8. The van der Waals surface area contributed by atoms with Crippen LogP contribution in [-0.2, 0) is 17.7 Å². The fraction of sp³-hybridized carbons (Fsp3) is 0.467. The van der Waals surface area contributed by atoms with E-state index in [9.17, 15) is 4.79 Å². The molecule has 198 valence electrons. The lowest BCUT2D eigenvalue weighted by Gasteiger charge is -2.36. The number of benzene rings is 2. The highest BCUT2D eigenvalue weighted by atomic mass is 16.5. The van der Waals surface area contributed by atoms with Gasteiger partial charge in [0.2, 0.25) is 0 Å². The van der Waals surface area contributed by atoms with Gasteiger partial charge in [-0.1, -0.05) is 44.2 Å². The number of methoxy groups -OCH3 is 1. The summed E-state index contributed by atoms with van der Waals surface area (Å²) in [6.07, 6.45) is 1.74. The minimum absolute atomic E-state index is 0.0485. The number of rotatable bonds is 11. The van der Waals surface area contributed by atoms with Crippen molar-refractivity contribution in [3.63, 3.8) is 0 Å². The van der Waals surface area contributed by atoms with Crippen molar-refractivity contribution < 1.29 is 9.53 Å². The van der Waals surface area contributed by atoms with Gasteiger partial charge >= 0.3 is 0 Å². The summed E-state index contributed by atoms with van der Waals surface area (Å²) >= 11 is 0. The molecule has 0 N–H and O–H groups in total. The largest absolute Gasteiger partial charge is 0.385 e. The SMILES string of the molecule is CCc1ccc(C(=O)N(CCCOC)Cc2c(C)nn(-c3ccccc3)c2N2CCN(CC)CC2)cc1. The van der Waals surface area contributed by atoms with Crippen LogP contribution in [0.1, 0.15) is 47.4 Å². The molecule has 1 aromatic heterocycles. The van der Waals surface area contributed by atoms with Gasteiger partial charge in [-0.25, -0.2) is 4.68 Å². The Morgan fingerprint density at radius 2 is 1.70 bits per heavy atom. The smallest absolute Gasteiger partial charge is 0.254 e. The average Bonchev–Trinajstić information content (AvgIpc) is 3.28. The molecule has 1 saturated heterocycles. The van der Waals surface area contributed by atoms with E-state index in [1.807, 2.05) is 35.2 Å². The van der Waals surface area contributed by atoms with Gasteiger partial charge in [0.1, 0.15) is 5.82 Å². The van der Waals surface area contributed by atoms with Crippen molar-refractivity contribution in [3.05, 3.63) is 77.0 Å². The van der Waals surface area contributed by atoms with Crippen LogP contribution in [-0.4, -0.2) is 78.5 Å². The third kappa shape index (κ3) is 6.40. The molecule has 2 aromatic carbocycles. The topological polar surface area (TPSA) is 53.8 Å². The van der Waals surface area contributed by atoms with E-state index in [-0.39, 0.29) is 5.91 Å². The van der Waals surface area contributed by atoms with E-state index >= 15 is 0 Å². The van der Waals surface area contributed by atoms with Crippen molar-refractivity contribution in [1.82, 2.24) is 19.6 Å². The third-order valence-corrected chi connectivity index (χ3v) is 7.30. The van der Waals surface area contributed by atoms with Crippen molar-refractivity contribution in [3.8, 4) is 5.69 Å². The number of anilines is 1. The van der Waals surface area contributed by atoms with Crippen LogP contribution in [0, 0.1) is 6.92 Å². The van der Waals surface area contributed by atoms with E-state index < -0.39 is 0 Å². The van der Waals surface area contributed by atoms with Crippen molar-refractivity contribution in [2.75, 3.05) is 57.9 Å². The lowest BCUT2D eigenvalue weighted by atomic mass is 10.1. The van der Waals surface area contributed by atoms with Gasteiger partial charge in [-0.3, -0.25) is 4.79 Å². The van der Waals surface area contributed by atoms with Crippen LogP contribution < -0.4 is 4.90 Å². The maximum Gasteiger partial charge on any atom is 0.254 e. The number of carbonyl (C=O) groups is 1. The van der Waals surface area contributed by atoms with Crippen LogP contribution in [0.25, 0.3) is 5.69 Å². The average molecular weight is 504 g/mol. The Balaban J connectivity index is 1.70. The van der Waals surface area contributed by atoms with Gasteiger partial charge in [0.25, 0.3) is 5.91 Å². The molecule has 0 spiro atoms. The van der Waals surface area contributed by atoms with Crippen LogP contribution in [0.5, 0.6) is 0 Å². The lowest BCUT2D eigenvalue weighted by molar-refractivity contribution is 0.0723. The van der Waals surface area contributed by atoms with E-state index in [4.69, 9.17) is 9.84 Å². The molecule has 0 radical (unpaired) electrons. The van der Waals surface area contributed by atoms with Gasteiger partial charge < -0.3 is 19.4 Å². The van der Waals surface area contributed by atoms with Crippen molar-refractivity contribution >= 4 is 11.7 Å². The summed E-state index contributed by atoms with van der Waals surface area (Å²) in [5.41, 5.74) is 5.07. The molecule has 7 heteroatoms. The van der Waals surface area contributed by atoms with Gasteiger partial charge in [0.15, 0.2) is 0 Å². The van der Waals surface area contributed by atoms with Crippen molar-refractivity contribution in [2.24, 2.45) is 0 Å². The number of hydrogen-bond donors (Lipinski definition) is 0. The Kier molecular flexibility index (Phi) is 9.36. The fourth-order valence-electron chi connectivity index (χ4n) is 4.99. The summed E-state index contributed by atoms with van der Waals surface area (Å²) in [6, 6.07) is 18.3. The van der Waals surface area contributed by atoms with Gasteiger partial charge in [-0.05, 0) is 56.1 Å². The molecule has 0 saturated carbocycles. The zero-order chi connectivity index (χ0) is 26.2. The maximum absolute atomic E-state index is 13.7. The Hall–Kier alpha value is -3.16. The molecule has 3 aromatic rings. The molecule has 4 rings (SSSR count). The summed E-state index contributed by atoms with van der Waals surface area (Å²) in [5, 5.41) is 5.00. The predicted molar refractivity (Wildman–Crippen MR) is 150 cm³/mol. The van der Waals surface area contributed by atoms with Gasteiger partial charge in [0.05, 0.1) is 17.9 Å². The Morgan fingerprint density at radius 3 is 2.32 bits per heavy atom. The zero-order valence-corrected chi connectivity index (χ0v) is 22.8. The summed E-state index contributed by atoms with van der Waals surface area (Å²) in [5.74, 6) is 1.15. The normalized spacial score (nSPS) is 14.2. The Bertz CT molecular complexity index is 1130. The number of aryl methyl sites for hydroxylation is 2. The number of para-hydroxylation sites is 1. The number of piperazine rings is 1. The molecule has 0 atom stereocenters. The minimum Gasteiger partial charge on any atom is -0.385 e. The number of likely N-dealkylation sites (N-methyl/N-ethyl adjacent to an activating group) is 1. The second-order valence-electron chi connectivity index (χ2n) is 9.68. The van der Waals surface area contributed by atoms with E-state index in [0.29, 0.717) is 19.7 Å². The Labute approximate surface area is 221 Å². The molecule has 1 fully saturated rings. The van der Waals surface area contributed by atoms with Crippen LogP contribution in [0.2, 0.25) is 0 Å². The van der Waals surface area contributed by atoms with Crippen LogP contribution >= 0.6 is 0 Å². The quantitative estimate of drug-likeness (QED) is 0.359. The highest BCUT2D eigenvalue weighted by Crippen LogP contribution is 2.30. The summed E-state index contributed by atoms with van der Waals surface area (Å²) < 4.78 is 7.39. The van der Waals surface area contributed by atoms with E-state index in [1.54, 1.807) is 7.11 Å². The van der Waals surface area contributed by atoms with Gasteiger partial charge in [-0.15, -0.1) is 0 Å². The molecule has 1 amide bonds. The van der Waals surface area contributed by atoms with Crippen molar-refractivity contribution in [1.29, 1.82) is 0 Å². The molecular weight excluding hydrogens is 462 g/mol. The fourth-order valence-corrected chi connectivity index (χ4v) is 4.99. The predicted octanol–water partition coefficient (Wildman–Crippen LogP) is 4.56. The lowest BCUT2D eigenvalue weighted by Crippen LogP contribution is -2.47.